The Morgan fingerprint density at radius 3 is 2.56 bits per heavy atom. The molecule has 86 valence electrons. The molecule has 0 saturated heterocycles. The average molecular weight is 224 g/mol. The van der Waals surface area contributed by atoms with E-state index in [-0.39, 0.29) is 12.2 Å². The van der Waals surface area contributed by atoms with Crippen LogP contribution in [-0.4, -0.2) is 18.9 Å². The second-order valence-corrected chi connectivity index (χ2v) is 3.48. The number of ether oxygens (including phenoxy) is 1. The molecule has 4 heteroatoms. The van der Waals surface area contributed by atoms with E-state index in [0.717, 1.165) is 0 Å². The van der Waals surface area contributed by atoms with E-state index < -0.39 is 17.7 Å². The Kier molecular flexibility index (Phi) is 4.17. The van der Waals surface area contributed by atoms with Crippen LogP contribution in [0.2, 0.25) is 0 Å². The first-order valence-corrected chi connectivity index (χ1v) is 4.90. The van der Waals surface area contributed by atoms with Crippen LogP contribution in [0.25, 0.3) is 0 Å². The summed E-state index contributed by atoms with van der Waals surface area (Å²) in [5.74, 6) is -2.24. The van der Waals surface area contributed by atoms with Gasteiger partial charge in [0.1, 0.15) is 11.7 Å². The van der Waals surface area contributed by atoms with Gasteiger partial charge in [0.2, 0.25) is 0 Å². The number of esters is 1. The van der Waals surface area contributed by atoms with Crippen molar-refractivity contribution in [2.45, 2.75) is 13.3 Å². The first kappa shape index (κ1) is 12.4. The highest BCUT2D eigenvalue weighted by Crippen LogP contribution is 2.11. The Bertz CT molecular complexity index is 401. The second-order valence-electron chi connectivity index (χ2n) is 3.48. The number of methoxy groups -OCH3 is 1. The third-order valence-electron chi connectivity index (χ3n) is 2.36. The maximum absolute atomic E-state index is 13.2. The van der Waals surface area contributed by atoms with Crippen LogP contribution in [0.4, 0.5) is 4.39 Å². The van der Waals surface area contributed by atoms with Gasteiger partial charge < -0.3 is 4.74 Å². The number of benzene rings is 1. The van der Waals surface area contributed by atoms with Gasteiger partial charge in [-0.2, -0.15) is 0 Å². The normalized spacial score (nSPS) is 11.9. The van der Waals surface area contributed by atoms with Crippen LogP contribution < -0.4 is 0 Å². The summed E-state index contributed by atoms with van der Waals surface area (Å²) in [6.07, 6.45) is -0.0943. The summed E-state index contributed by atoms with van der Waals surface area (Å²) in [6.45, 7) is 1.45. The molecule has 1 atom stereocenters. The molecule has 0 saturated carbocycles. The SMILES string of the molecule is COC(=O)C(C)C(=O)Cc1ccccc1F. The fourth-order valence-corrected chi connectivity index (χ4v) is 1.29. The lowest BCUT2D eigenvalue weighted by atomic mass is 9.99. The summed E-state index contributed by atoms with van der Waals surface area (Å²) in [7, 11) is 1.22. The zero-order valence-corrected chi connectivity index (χ0v) is 9.20. The van der Waals surface area contributed by atoms with Crippen LogP contribution in [0.3, 0.4) is 0 Å². The zero-order valence-electron chi connectivity index (χ0n) is 9.20. The molecule has 0 spiro atoms. The maximum Gasteiger partial charge on any atom is 0.315 e. The molecule has 1 rings (SSSR count). The summed E-state index contributed by atoms with van der Waals surface area (Å²) in [6, 6.07) is 6.00. The molecule has 0 radical (unpaired) electrons. The van der Waals surface area contributed by atoms with Gasteiger partial charge in [0.15, 0.2) is 5.78 Å². The molecule has 1 aromatic carbocycles. The molecule has 3 nitrogen and oxygen atoms in total. The minimum Gasteiger partial charge on any atom is -0.468 e. The van der Waals surface area contributed by atoms with Gasteiger partial charge in [-0.25, -0.2) is 4.39 Å². The number of carbonyl (C=O) groups is 2. The molecule has 0 heterocycles. The van der Waals surface area contributed by atoms with Crippen molar-refractivity contribution in [2.24, 2.45) is 5.92 Å². The van der Waals surface area contributed by atoms with Crippen LogP contribution in [-0.2, 0) is 20.7 Å². The summed E-state index contributed by atoms with van der Waals surface area (Å²) < 4.78 is 17.7. The van der Waals surface area contributed by atoms with Crippen molar-refractivity contribution in [1.29, 1.82) is 0 Å². The van der Waals surface area contributed by atoms with Gasteiger partial charge in [-0.05, 0) is 18.6 Å². The molecular formula is C12H13FO3. The Hall–Kier alpha value is -1.71. The molecule has 1 unspecified atom stereocenters. The Morgan fingerprint density at radius 2 is 2.00 bits per heavy atom. The first-order valence-electron chi connectivity index (χ1n) is 4.90. The lowest BCUT2D eigenvalue weighted by Crippen LogP contribution is -2.24. The van der Waals surface area contributed by atoms with E-state index in [1.807, 2.05) is 0 Å². The predicted molar refractivity (Wildman–Crippen MR) is 56.3 cm³/mol. The number of ketones is 1. The molecule has 0 N–H and O–H groups in total. The van der Waals surface area contributed by atoms with Crippen LogP contribution in [0.15, 0.2) is 24.3 Å². The van der Waals surface area contributed by atoms with Crippen molar-refractivity contribution in [3.8, 4) is 0 Å². The molecule has 1 aromatic rings. The Balaban J connectivity index is 2.72. The van der Waals surface area contributed by atoms with E-state index in [9.17, 15) is 14.0 Å². The van der Waals surface area contributed by atoms with Gasteiger partial charge in [-0.1, -0.05) is 18.2 Å². The van der Waals surface area contributed by atoms with Gasteiger partial charge in [0.05, 0.1) is 7.11 Å². The monoisotopic (exact) mass is 224 g/mol. The van der Waals surface area contributed by atoms with Crippen LogP contribution in [0.1, 0.15) is 12.5 Å². The molecule has 0 aliphatic heterocycles. The van der Waals surface area contributed by atoms with E-state index in [1.54, 1.807) is 12.1 Å². The van der Waals surface area contributed by atoms with Crippen molar-refractivity contribution in [1.82, 2.24) is 0 Å². The predicted octanol–water partition coefficient (Wildman–Crippen LogP) is 1.75. The number of hydrogen-bond acceptors (Lipinski definition) is 3. The molecule has 16 heavy (non-hydrogen) atoms. The summed E-state index contributed by atoms with van der Waals surface area (Å²) in [4.78, 5) is 22.7. The third kappa shape index (κ3) is 2.89. The number of rotatable bonds is 4. The van der Waals surface area contributed by atoms with Crippen LogP contribution >= 0.6 is 0 Å². The lowest BCUT2D eigenvalue weighted by Gasteiger charge is -2.08. The smallest absolute Gasteiger partial charge is 0.315 e. The van der Waals surface area contributed by atoms with Crippen molar-refractivity contribution < 1.29 is 18.7 Å². The van der Waals surface area contributed by atoms with Gasteiger partial charge >= 0.3 is 5.97 Å². The van der Waals surface area contributed by atoms with Gasteiger partial charge in [0.25, 0.3) is 0 Å². The Morgan fingerprint density at radius 1 is 1.38 bits per heavy atom. The third-order valence-corrected chi connectivity index (χ3v) is 2.36. The second kappa shape index (κ2) is 5.39. The highest BCUT2D eigenvalue weighted by atomic mass is 19.1. The quantitative estimate of drug-likeness (QED) is 0.578. The number of hydrogen-bond donors (Lipinski definition) is 0. The van der Waals surface area contributed by atoms with Crippen LogP contribution in [0, 0.1) is 11.7 Å². The maximum atomic E-state index is 13.2. The standard InChI is InChI=1S/C12H13FO3/c1-8(12(15)16-2)11(14)7-9-5-3-4-6-10(9)13/h3-6,8H,7H2,1-2H3. The fourth-order valence-electron chi connectivity index (χ4n) is 1.29. The number of carbonyl (C=O) groups excluding carboxylic acids is 2. The van der Waals surface area contributed by atoms with E-state index in [1.165, 1.54) is 26.2 Å². The van der Waals surface area contributed by atoms with Crippen molar-refractivity contribution in [2.75, 3.05) is 7.11 Å². The summed E-state index contributed by atoms with van der Waals surface area (Å²) in [5.41, 5.74) is 0.295. The largest absolute Gasteiger partial charge is 0.468 e. The highest BCUT2D eigenvalue weighted by Gasteiger charge is 2.22. The van der Waals surface area contributed by atoms with Crippen LogP contribution in [0.5, 0.6) is 0 Å². The topological polar surface area (TPSA) is 43.4 Å². The van der Waals surface area contributed by atoms with Gasteiger partial charge in [-0.15, -0.1) is 0 Å². The van der Waals surface area contributed by atoms with E-state index >= 15 is 0 Å². The molecule has 0 bridgehead atoms. The first-order chi connectivity index (χ1) is 7.56. The van der Waals surface area contributed by atoms with E-state index in [4.69, 9.17) is 0 Å². The molecule has 0 fully saturated rings. The Labute approximate surface area is 93.2 Å². The fraction of sp³-hybridized carbons (Fsp3) is 0.333. The van der Waals surface area contributed by atoms with Crippen molar-refractivity contribution in [3.63, 3.8) is 0 Å². The molecular weight excluding hydrogens is 211 g/mol. The molecule has 0 aliphatic carbocycles. The molecule has 0 aromatic heterocycles. The summed E-state index contributed by atoms with van der Waals surface area (Å²) >= 11 is 0. The molecule has 0 amide bonds. The lowest BCUT2D eigenvalue weighted by molar-refractivity contribution is -0.148. The number of Topliss-reactive ketones (excluding diaryl/α,β-unsaturated/α-hetero) is 1. The van der Waals surface area contributed by atoms with Gasteiger partial charge in [0, 0.05) is 6.42 Å². The minimum absolute atomic E-state index is 0.0943. The highest BCUT2D eigenvalue weighted by molar-refractivity contribution is 5.99. The van der Waals surface area contributed by atoms with Crippen molar-refractivity contribution >= 4 is 11.8 Å². The van der Waals surface area contributed by atoms with E-state index in [0.29, 0.717) is 5.56 Å². The summed E-state index contributed by atoms with van der Waals surface area (Å²) in [5, 5.41) is 0. The van der Waals surface area contributed by atoms with Gasteiger partial charge in [-0.3, -0.25) is 9.59 Å². The minimum atomic E-state index is -0.857. The average Bonchev–Trinajstić information content (AvgIpc) is 2.30. The van der Waals surface area contributed by atoms with E-state index in [2.05, 4.69) is 4.74 Å². The zero-order chi connectivity index (χ0) is 12.1. The van der Waals surface area contributed by atoms with Crippen molar-refractivity contribution in [3.05, 3.63) is 35.6 Å². The molecule has 0 aliphatic rings. The number of halogens is 1.